The van der Waals surface area contributed by atoms with E-state index in [1.54, 1.807) is 12.1 Å². The molecule has 0 spiro atoms. The second kappa shape index (κ2) is 17.4. The number of hydrogen-bond donors (Lipinski definition) is 2. The van der Waals surface area contributed by atoms with E-state index in [0.717, 1.165) is 12.4 Å². The molecule has 0 bridgehead atoms. The Kier molecular flexibility index (Phi) is 12.1. The van der Waals surface area contributed by atoms with E-state index in [-0.39, 0.29) is 57.7 Å². The van der Waals surface area contributed by atoms with Crippen LogP contribution in [0.15, 0.2) is 120 Å². The van der Waals surface area contributed by atoms with Crippen molar-refractivity contribution in [3.05, 3.63) is 144 Å². The molecule has 0 saturated heterocycles. The average Bonchev–Trinajstić information content (AvgIpc) is 3.94. The SMILES string of the molecule is COC(=O)c1cc(COC2CC(OCc3ccc(NS(=O)(=O)c4cnn(-c5ccc(F)cc5)c4)c(C(=O)OC)c3)C2)ccc1NS(=O)(=O)c1cnn(-c2ccc(F)cc2)c1. The van der Waals surface area contributed by atoms with E-state index < -0.39 is 43.6 Å². The highest BCUT2D eigenvalue weighted by atomic mass is 32.2. The lowest BCUT2D eigenvalue weighted by molar-refractivity contribution is -0.111. The van der Waals surface area contributed by atoms with Gasteiger partial charge in [-0.15, -0.1) is 0 Å². The standard InChI is InChI=1S/C40H36F2N6O10S2/c1-55-39(49)35-15-25(3-13-37(35)45-59(51,52)33-19-43-47(21-33)29-9-5-27(41)6-10-29)23-57-31-17-32(18-31)58-24-26-4-14-38(36(16-26)40(50)56-2)46-60(53,54)34-20-44-48(22-34)30-11-7-28(42)8-12-30/h3-16,19-22,31-32,45-46H,17-18,23-24H2,1-2H3. The number of carbonyl (C=O) groups is 2. The van der Waals surface area contributed by atoms with E-state index in [9.17, 15) is 35.2 Å². The topological polar surface area (TPSA) is 199 Å². The van der Waals surface area contributed by atoms with E-state index in [2.05, 4.69) is 19.6 Å². The van der Waals surface area contributed by atoms with Crippen LogP contribution < -0.4 is 9.44 Å². The molecule has 0 amide bonds. The highest BCUT2D eigenvalue weighted by Gasteiger charge is 2.31. The minimum atomic E-state index is -4.20. The summed E-state index contributed by atoms with van der Waals surface area (Å²) in [4.78, 5) is 25.0. The molecule has 0 aliphatic heterocycles. The van der Waals surface area contributed by atoms with Crippen LogP contribution >= 0.6 is 0 Å². The molecule has 16 nitrogen and oxygen atoms in total. The Morgan fingerprint density at radius 1 is 0.633 bits per heavy atom. The lowest BCUT2D eigenvalue weighted by Gasteiger charge is -2.35. The number of nitrogens with one attached hydrogen (secondary N) is 2. The molecule has 6 aromatic rings. The molecule has 0 unspecified atom stereocenters. The Bertz CT molecular complexity index is 2570. The predicted molar refractivity (Wildman–Crippen MR) is 211 cm³/mol. The number of esters is 2. The highest BCUT2D eigenvalue weighted by molar-refractivity contribution is 7.93. The summed E-state index contributed by atoms with van der Waals surface area (Å²) in [6.45, 7) is 0.206. The van der Waals surface area contributed by atoms with Gasteiger partial charge in [0.05, 0.1) is 98.3 Å². The number of rotatable bonds is 16. The summed E-state index contributed by atoms with van der Waals surface area (Å²) >= 11 is 0. The third-order valence-electron chi connectivity index (χ3n) is 9.41. The number of ether oxygens (including phenoxy) is 4. The zero-order valence-electron chi connectivity index (χ0n) is 31.8. The summed E-state index contributed by atoms with van der Waals surface area (Å²) in [5.74, 6) is -2.45. The summed E-state index contributed by atoms with van der Waals surface area (Å²) in [5, 5.41) is 8.11. The van der Waals surface area contributed by atoms with Crippen LogP contribution in [0.1, 0.15) is 44.7 Å². The number of anilines is 2. The summed E-state index contributed by atoms with van der Waals surface area (Å²) in [7, 11) is -6.04. The fourth-order valence-corrected chi connectivity index (χ4v) is 8.10. The van der Waals surface area contributed by atoms with Crippen molar-refractivity contribution >= 4 is 43.4 Å². The fraction of sp³-hybridized carbons (Fsp3) is 0.200. The van der Waals surface area contributed by atoms with Crippen LogP contribution in [0.3, 0.4) is 0 Å². The van der Waals surface area contributed by atoms with Crippen LogP contribution in [0, 0.1) is 11.6 Å². The van der Waals surface area contributed by atoms with Gasteiger partial charge in [0.1, 0.15) is 21.4 Å². The molecule has 312 valence electrons. The van der Waals surface area contributed by atoms with E-state index in [0.29, 0.717) is 35.3 Å². The second-order valence-electron chi connectivity index (χ2n) is 13.5. The zero-order valence-corrected chi connectivity index (χ0v) is 33.5. The normalized spacial score (nSPS) is 15.2. The van der Waals surface area contributed by atoms with Crippen molar-refractivity contribution in [2.75, 3.05) is 23.7 Å². The molecule has 2 aromatic heterocycles. The number of hydrogen-bond acceptors (Lipinski definition) is 12. The maximum Gasteiger partial charge on any atom is 0.340 e. The molecule has 1 aliphatic rings. The van der Waals surface area contributed by atoms with Gasteiger partial charge in [-0.2, -0.15) is 10.2 Å². The van der Waals surface area contributed by atoms with E-state index >= 15 is 0 Å². The molecule has 2 N–H and O–H groups in total. The molecular formula is C40H36F2N6O10S2. The lowest BCUT2D eigenvalue weighted by atomic mass is 9.92. The first-order chi connectivity index (χ1) is 28.7. The predicted octanol–water partition coefficient (Wildman–Crippen LogP) is 5.78. The van der Waals surface area contributed by atoms with Crippen molar-refractivity contribution in [3.8, 4) is 11.4 Å². The largest absolute Gasteiger partial charge is 0.465 e. The van der Waals surface area contributed by atoms with Crippen molar-refractivity contribution in [3.63, 3.8) is 0 Å². The van der Waals surface area contributed by atoms with E-state index in [1.165, 1.54) is 109 Å². The van der Waals surface area contributed by atoms with Crippen LogP contribution in [0.4, 0.5) is 20.2 Å². The minimum absolute atomic E-state index is 0.0199. The van der Waals surface area contributed by atoms with Gasteiger partial charge < -0.3 is 18.9 Å². The third-order valence-corrected chi connectivity index (χ3v) is 12.1. The number of aromatic nitrogens is 4. The first-order valence-corrected chi connectivity index (χ1v) is 21.0. The molecular weight excluding hydrogens is 827 g/mol. The second-order valence-corrected chi connectivity index (χ2v) is 16.9. The van der Waals surface area contributed by atoms with Crippen molar-refractivity contribution in [1.29, 1.82) is 0 Å². The highest BCUT2D eigenvalue weighted by Crippen LogP contribution is 2.31. The van der Waals surface area contributed by atoms with Gasteiger partial charge in [-0.1, -0.05) is 12.1 Å². The van der Waals surface area contributed by atoms with Gasteiger partial charge in [-0.25, -0.2) is 44.6 Å². The summed E-state index contributed by atoms with van der Waals surface area (Å²) < 4.78 is 109. The first-order valence-electron chi connectivity index (χ1n) is 18.0. The maximum atomic E-state index is 13.3. The molecule has 20 heteroatoms. The van der Waals surface area contributed by atoms with Crippen LogP contribution in [0.25, 0.3) is 11.4 Å². The molecule has 2 heterocycles. The molecule has 60 heavy (non-hydrogen) atoms. The van der Waals surface area contributed by atoms with Gasteiger partial charge in [0, 0.05) is 0 Å². The number of halogens is 2. The van der Waals surface area contributed by atoms with Gasteiger partial charge in [0.25, 0.3) is 20.0 Å². The van der Waals surface area contributed by atoms with E-state index in [4.69, 9.17) is 18.9 Å². The number of methoxy groups -OCH3 is 2. The molecule has 7 rings (SSSR count). The van der Waals surface area contributed by atoms with Crippen molar-refractivity contribution < 1.29 is 54.2 Å². The number of benzene rings is 4. The van der Waals surface area contributed by atoms with Gasteiger partial charge in [0.2, 0.25) is 0 Å². The Hall–Kier alpha value is -6.48. The Balaban J connectivity index is 0.926. The molecule has 1 saturated carbocycles. The first kappa shape index (κ1) is 41.7. The number of nitrogens with zero attached hydrogens (tertiary/aromatic N) is 4. The average molecular weight is 863 g/mol. The third kappa shape index (κ3) is 9.52. The molecule has 1 fully saturated rings. The van der Waals surface area contributed by atoms with Gasteiger partial charge in [-0.3, -0.25) is 9.44 Å². The van der Waals surface area contributed by atoms with Crippen molar-refractivity contribution in [2.45, 2.75) is 48.1 Å². The fourth-order valence-electron chi connectivity index (χ4n) is 6.08. The Labute approximate surface area is 342 Å². The molecule has 4 aromatic carbocycles. The quantitative estimate of drug-likeness (QED) is 0.112. The summed E-state index contributed by atoms with van der Waals surface area (Å²) in [6, 6.07) is 19.7. The van der Waals surface area contributed by atoms with Crippen molar-refractivity contribution in [1.82, 2.24) is 19.6 Å². The van der Waals surface area contributed by atoms with Gasteiger partial charge in [-0.05, 0) is 96.8 Å². The van der Waals surface area contributed by atoms with Crippen LogP contribution in [-0.2, 0) is 52.2 Å². The molecule has 0 radical (unpaired) electrons. The summed E-state index contributed by atoms with van der Waals surface area (Å²) in [6.07, 6.45) is 5.50. The van der Waals surface area contributed by atoms with Crippen LogP contribution in [0.5, 0.6) is 0 Å². The molecule has 0 atom stereocenters. The zero-order chi connectivity index (χ0) is 42.6. The van der Waals surface area contributed by atoms with Gasteiger partial charge >= 0.3 is 11.9 Å². The van der Waals surface area contributed by atoms with Crippen molar-refractivity contribution in [2.24, 2.45) is 0 Å². The smallest absolute Gasteiger partial charge is 0.340 e. The minimum Gasteiger partial charge on any atom is -0.465 e. The summed E-state index contributed by atoms with van der Waals surface area (Å²) in [5.41, 5.74) is 1.94. The van der Waals surface area contributed by atoms with E-state index in [1.807, 2.05) is 0 Å². The monoisotopic (exact) mass is 862 g/mol. The number of carbonyl (C=O) groups excluding carboxylic acids is 2. The Morgan fingerprint density at radius 2 is 1.02 bits per heavy atom. The van der Waals surface area contributed by atoms with Crippen LogP contribution in [-0.4, -0.2) is 74.8 Å². The number of sulfonamides is 2. The maximum absolute atomic E-state index is 13.3. The van der Waals surface area contributed by atoms with Crippen LogP contribution in [0.2, 0.25) is 0 Å². The lowest BCUT2D eigenvalue weighted by Crippen LogP contribution is -2.37. The molecule has 1 aliphatic carbocycles. The van der Waals surface area contributed by atoms with Gasteiger partial charge in [0.15, 0.2) is 0 Å². The Morgan fingerprint density at radius 3 is 1.38 bits per heavy atom.